The van der Waals surface area contributed by atoms with Crippen LogP contribution < -0.4 is 4.74 Å². The lowest BCUT2D eigenvalue weighted by molar-refractivity contribution is -0.00450. The summed E-state index contributed by atoms with van der Waals surface area (Å²) in [7, 11) is 0. The lowest BCUT2D eigenvalue weighted by Gasteiger charge is -2.08. The van der Waals surface area contributed by atoms with Crippen LogP contribution in [0.2, 0.25) is 0 Å². The van der Waals surface area contributed by atoms with E-state index in [0.29, 0.717) is 52.9 Å². The second-order valence-corrected chi connectivity index (χ2v) is 6.00. The van der Waals surface area contributed by atoms with Crippen LogP contribution in [0.3, 0.4) is 0 Å². The monoisotopic (exact) mass is 438 g/mol. The van der Waals surface area contributed by atoms with Gasteiger partial charge in [0.25, 0.3) is 0 Å². The van der Waals surface area contributed by atoms with Crippen LogP contribution in [-0.2, 0) is 18.9 Å². The molecule has 0 saturated heterocycles. The van der Waals surface area contributed by atoms with Gasteiger partial charge in [-0.25, -0.2) is 0 Å². The second kappa shape index (κ2) is 15.1. The van der Waals surface area contributed by atoms with E-state index in [1.54, 1.807) is 0 Å². The van der Waals surface area contributed by atoms with Crippen LogP contribution in [0, 0.1) is 3.57 Å². The maximum Gasteiger partial charge on any atom is 0.119 e. The largest absolute Gasteiger partial charge is 0.491 e. The molecular weight excluding hydrogens is 411 g/mol. The van der Waals surface area contributed by atoms with Crippen molar-refractivity contribution in [2.24, 2.45) is 0 Å². The highest BCUT2D eigenvalue weighted by molar-refractivity contribution is 14.1. The van der Waals surface area contributed by atoms with Crippen molar-refractivity contribution in [2.45, 2.75) is 13.3 Å². The van der Waals surface area contributed by atoms with Crippen LogP contribution in [-0.4, -0.2) is 59.5 Å². The van der Waals surface area contributed by atoms with Gasteiger partial charge in [0, 0.05) is 10.2 Å². The van der Waals surface area contributed by atoms with Crippen molar-refractivity contribution in [3.63, 3.8) is 0 Å². The van der Waals surface area contributed by atoms with Gasteiger partial charge in [0.1, 0.15) is 12.4 Å². The zero-order valence-corrected chi connectivity index (χ0v) is 16.0. The molecular formula is C17H27IO5. The third-order valence-electron chi connectivity index (χ3n) is 2.77. The minimum atomic E-state index is 0.543. The molecule has 5 nitrogen and oxygen atoms in total. The van der Waals surface area contributed by atoms with E-state index in [-0.39, 0.29) is 0 Å². The van der Waals surface area contributed by atoms with Crippen LogP contribution in [0.15, 0.2) is 24.3 Å². The molecule has 1 rings (SSSR count). The molecule has 0 bridgehead atoms. The summed E-state index contributed by atoms with van der Waals surface area (Å²) in [6.07, 6.45) is 1.04. The van der Waals surface area contributed by atoms with Gasteiger partial charge in [-0.05, 0) is 53.3 Å². The lowest BCUT2D eigenvalue weighted by atomic mass is 10.3. The normalized spacial score (nSPS) is 10.9. The maximum atomic E-state index is 5.56. The predicted octanol–water partition coefficient (Wildman–Crippen LogP) is 3.15. The summed E-state index contributed by atoms with van der Waals surface area (Å²) < 4.78 is 28.3. The van der Waals surface area contributed by atoms with Crippen LogP contribution in [0.4, 0.5) is 0 Å². The first-order valence-corrected chi connectivity index (χ1v) is 9.10. The topological polar surface area (TPSA) is 46.2 Å². The third kappa shape index (κ3) is 12.7. The molecule has 0 amide bonds. The smallest absolute Gasteiger partial charge is 0.119 e. The van der Waals surface area contributed by atoms with Gasteiger partial charge in [0.05, 0.1) is 46.2 Å². The van der Waals surface area contributed by atoms with E-state index in [1.807, 2.05) is 24.3 Å². The summed E-state index contributed by atoms with van der Waals surface area (Å²) in [5.41, 5.74) is 0. The van der Waals surface area contributed by atoms with Crippen molar-refractivity contribution >= 4 is 22.6 Å². The Morgan fingerprint density at radius 2 is 1.09 bits per heavy atom. The average Bonchev–Trinajstić information content (AvgIpc) is 2.57. The van der Waals surface area contributed by atoms with Crippen molar-refractivity contribution in [3.05, 3.63) is 27.8 Å². The Morgan fingerprint density at radius 1 is 0.652 bits per heavy atom. The fourth-order valence-corrected chi connectivity index (χ4v) is 2.01. The predicted molar refractivity (Wildman–Crippen MR) is 98.2 cm³/mol. The minimum absolute atomic E-state index is 0.543. The fourth-order valence-electron chi connectivity index (χ4n) is 1.66. The van der Waals surface area contributed by atoms with E-state index in [0.717, 1.165) is 18.8 Å². The summed E-state index contributed by atoms with van der Waals surface area (Å²) in [5, 5.41) is 0. The first-order chi connectivity index (χ1) is 11.3. The Balaban J connectivity index is 1.77. The van der Waals surface area contributed by atoms with Crippen LogP contribution in [0.25, 0.3) is 0 Å². The Kier molecular flexibility index (Phi) is 13.6. The van der Waals surface area contributed by atoms with Gasteiger partial charge in [-0.15, -0.1) is 0 Å². The molecule has 0 aliphatic heterocycles. The summed E-state index contributed by atoms with van der Waals surface area (Å²) in [4.78, 5) is 0. The van der Waals surface area contributed by atoms with Gasteiger partial charge in [-0.1, -0.05) is 6.92 Å². The molecule has 0 atom stereocenters. The molecule has 6 heteroatoms. The van der Waals surface area contributed by atoms with E-state index in [1.165, 1.54) is 3.57 Å². The maximum absolute atomic E-state index is 5.56. The minimum Gasteiger partial charge on any atom is -0.491 e. The average molecular weight is 438 g/mol. The first-order valence-electron chi connectivity index (χ1n) is 8.02. The van der Waals surface area contributed by atoms with Crippen molar-refractivity contribution in [3.8, 4) is 5.75 Å². The van der Waals surface area contributed by atoms with E-state index in [4.69, 9.17) is 23.7 Å². The molecule has 23 heavy (non-hydrogen) atoms. The molecule has 132 valence electrons. The standard InChI is InChI=1S/C17H27IO5/c1-2-7-19-8-9-20-10-11-21-12-13-22-14-15-23-17-5-3-16(18)4-6-17/h3-6H,2,7-15H2,1H3. The summed E-state index contributed by atoms with van der Waals surface area (Å²) >= 11 is 2.27. The molecule has 0 fully saturated rings. The lowest BCUT2D eigenvalue weighted by Crippen LogP contribution is -2.13. The van der Waals surface area contributed by atoms with Gasteiger partial charge < -0.3 is 23.7 Å². The zero-order chi connectivity index (χ0) is 16.6. The molecule has 1 aromatic carbocycles. The van der Waals surface area contributed by atoms with Gasteiger partial charge in [0.15, 0.2) is 0 Å². The van der Waals surface area contributed by atoms with Crippen molar-refractivity contribution in [2.75, 3.05) is 59.5 Å². The second-order valence-electron chi connectivity index (χ2n) is 4.75. The molecule has 0 radical (unpaired) electrons. The quantitative estimate of drug-likeness (QED) is 0.311. The van der Waals surface area contributed by atoms with Crippen molar-refractivity contribution < 1.29 is 23.7 Å². The van der Waals surface area contributed by atoms with Crippen LogP contribution >= 0.6 is 22.6 Å². The Hall–Kier alpha value is -0.410. The highest BCUT2D eigenvalue weighted by Crippen LogP contribution is 2.13. The number of rotatable bonds is 15. The molecule has 0 N–H and O–H groups in total. The molecule has 0 heterocycles. The van der Waals surface area contributed by atoms with Gasteiger partial charge >= 0.3 is 0 Å². The molecule has 0 aliphatic carbocycles. The number of hydrogen-bond donors (Lipinski definition) is 0. The van der Waals surface area contributed by atoms with E-state index >= 15 is 0 Å². The van der Waals surface area contributed by atoms with E-state index < -0.39 is 0 Å². The molecule has 0 unspecified atom stereocenters. The molecule has 0 saturated carbocycles. The fraction of sp³-hybridized carbons (Fsp3) is 0.647. The van der Waals surface area contributed by atoms with Gasteiger partial charge in [0.2, 0.25) is 0 Å². The third-order valence-corrected chi connectivity index (χ3v) is 3.49. The Labute approximate surface area is 152 Å². The SMILES string of the molecule is CCCOCCOCCOCCOCCOc1ccc(I)cc1. The van der Waals surface area contributed by atoms with Crippen molar-refractivity contribution in [1.82, 2.24) is 0 Å². The highest BCUT2D eigenvalue weighted by Gasteiger charge is 1.95. The molecule has 1 aromatic rings. The van der Waals surface area contributed by atoms with Gasteiger partial charge in [-0.3, -0.25) is 0 Å². The zero-order valence-electron chi connectivity index (χ0n) is 13.8. The molecule has 0 aliphatic rings. The first kappa shape index (κ1) is 20.6. The van der Waals surface area contributed by atoms with E-state index in [2.05, 4.69) is 29.5 Å². The van der Waals surface area contributed by atoms with Crippen LogP contribution in [0.1, 0.15) is 13.3 Å². The molecule has 0 spiro atoms. The number of benzene rings is 1. The molecule has 0 aromatic heterocycles. The Morgan fingerprint density at radius 3 is 1.57 bits per heavy atom. The number of ether oxygens (including phenoxy) is 5. The summed E-state index contributed by atoms with van der Waals surface area (Å²) in [6.45, 7) is 7.56. The number of halogens is 1. The number of hydrogen-bond acceptors (Lipinski definition) is 5. The van der Waals surface area contributed by atoms with Crippen LogP contribution in [0.5, 0.6) is 5.75 Å². The summed E-state index contributed by atoms with van der Waals surface area (Å²) in [6, 6.07) is 7.95. The van der Waals surface area contributed by atoms with Crippen molar-refractivity contribution in [1.29, 1.82) is 0 Å². The Bertz CT molecular complexity index is 372. The van der Waals surface area contributed by atoms with E-state index in [9.17, 15) is 0 Å². The van der Waals surface area contributed by atoms with Gasteiger partial charge in [-0.2, -0.15) is 0 Å². The highest BCUT2D eigenvalue weighted by atomic mass is 127. The summed E-state index contributed by atoms with van der Waals surface area (Å²) in [5.74, 6) is 0.866.